The fraction of sp³-hybridized carbons (Fsp3) is 0.556. The molecule has 0 aromatic heterocycles. The molecule has 0 N–H and O–H groups in total. The maximum atomic E-state index is 12.6. The molecule has 0 spiro atoms. The number of piperazine rings is 1. The number of carbonyl (C=O) groups excluding carboxylic acids is 2. The minimum absolute atomic E-state index is 0.0823. The van der Waals surface area contributed by atoms with E-state index in [2.05, 4.69) is 6.92 Å². The normalized spacial score (nSPS) is 19.0. The predicted octanol–water partition coefficient (Wildman–Crippen LogP) is 2.39. The first-order valence-electron chi connectivity index (χ1n) is 8.21. The smallest absolute Gasteiger partial charge is 0.253 e. The lowest BCUT2D eigenvalue weighted by Gasteiger charge is -2.38. The fourth-order valence-electron chi connectivity index (χ4n) is 3.10. The van der Waals surface area contributed by atoms with Crippen molar-refractivity contribution in [1.82, 2.24) is 9.80 Å². The molecule has 0 radical (unpaired) electrons. The summed E-state index contributed by atoms with van der Waals surface area (Å²) >= 11 is 0. The zero-order valence-electron chi connectivity index (χ0n) is 13.5. The highest BCUT2D eigenvalue weighted by Crippen LogP contribution is 2.28. The van der Waals surface area contributed by atoms with Crippen molar-refractivity contribution in [3.8, 4) is 0 Å². The van der Waals surface area contributed by atoms with Crippen molar-refractivity contribution in [1.29, 1.82) is 0 Å². The highest BCUT2D eigenvalue weighted by Gasteiger charge is 2.32. The lowest BCUT2D eigenvalue weighted by molar-refractivity contribution is -0.139. The van der Waals surface area contributed by atoms with Crippen LogP contribution in [0.15, 0.2) is 18.2 Å². The van der Waals surface area contributed by atoms with Crippen molar-refractivity contribution in [3.63, 3.8) is 0 Å². The highest BCUT2D eigenvalue weighted by atomic mass is 16.2. The Morgan fingerprint density at radius 3 is 2.14 bits per heavy atom. The second kappa shape index (κ2) is 6.11. The van der Waals surface area contributed by atoms with Gasteiger partial charge < -0.3 is 9.80 Å². The number of hydrogen-bond acceptors (Lipinski definition) is 2. The Kier molecular flexibility index (Phi) is 4.19. The summed E-state index contributed by atoms with van der Waals surface area (Å²) in [6.07, 6.45) is 3.27. The third-order valence-electron chi connectivity index (χ3n) is 5.09. The summed E-state index contributed by atoms with van der Waals surface area (Å²) in [5, 5.41) is 0. The summed E-state index contributed by atoms with van der Waals surface area (Å²) in [6.45, 7) is 6.71. The third-order valence-corrected chi connectivity index (χ3v) is 5.09. The van der Waals surface area contributed by atoms with E-state index in [1.54, 1.807) is 0 Å². The molecule has 2 aliphatic rings. The van der Waals surface area contributed by atoms with Crippen LogP contribution in [0.3, 0.4) is 0 Å². The SMILES string of the molecule is Cc1ccc(C(=O)N2CCN(C(=O)C3CCC3)CC2)cc1C. The van der Waals surface area contributed by atoms with Gasteiger partial charge in [-0.05, 0) is 49.9 Å². The monoisotopic (exact) mass is 300 g/mol. The molecule has 1 heterocycles. The number of carbonyl (C=O) groups is 2. The van der Waals surface area contributed by atoms with Crippen molar-refractivity contribution < 1.29 is 9.59 Å². The average molecular weight is 300 g/mol. The van der Waals surface area contributed by atoms with Crippen molar-refractivity contribution in [3.05, 3.63) is 34.9 Å². The zero-order valence-corrected chi connectivity index (χ0v) is 13.5. The minimum atomic E-state index is 0.0823. The lowest BCUT2D eigenvalue weighted by atomic mass is 9.84. The molecule has 118 valence electrons. The Balaban J connectivity index is 1.59. The topological polar surface area (TPSA) is 40.6 Å². The molecule has 1 saturated carbocycles. The molecule has 0 unspecified atom stereocenters. The van der Waals surface area contributed by atoms with Gasteiger partial charge in [-0.3, -0.25) is 9.59 Å². The molecule has 2 fully saturated rings. The molecule has 0 bridgehead atoms. The number of rotatable bonds is 2. The van der Waals surface area contributed by atoms with E-state index < -0.39 is 0 Å². The van der Waals surface area contributed by atoms with Crippen LogP contribution >= 0.6 is 0 Å². The summed E-state index contributed by atoms with van der Waals surface area (Å²) in [4.78, 5) is 28.6. The van der Waals surface area contributed by atoms with Gasteiger partial charge in [0.1, 0.15) is 0 Å². The van der Waals surface area contributed by atoms with Gasteiger partial charge >= 0.3 is 0 Å². The van der Waals surface area contributed by atoms with Gasteiger partial charge in [0.05, 0.1) is 0 Å². The molecule has 1 aliphatic heterocycles. The molecule has 0 atom stereocenters. The lowest BCUT2D eigenvalue weighted by Crippen LogP contribution is -2.52. The molecule has 1 aromatic rings. The molecule has 1 aliphatic carbocycles. The van der Waals surface area contributed by atoms with Crippen LogP contribution in [0.4, 0.5) is 0 Å². The van der Waals surface area contributed by atoms with Crippen molar-refractivity contribution in [2.45, 2.75) is 33.1 Å². The van der Waals surface area contributed by atoms with Crippen LogP contribution in [-0.4, -0.2) is 47.8 Å². The molecule has 1 saturated heterocycles. The second-order valence-electron chi connectivity index (χ2n) is 6.54. The highest BCUT2D eigenvalue weighted by molar-refractivity contribution is 5.94. The molecule has 22 heavy (non-hydrogen) atoms. The van der Waals surface area contributed by atoms with Crippen LogP contribution in [0.25, 0.3) is 0 Å². The van der Waals surface area contributed by atoms with E-state index in [1.807, 2.05) is 34.9 Å². The Bertz CT molecular complexity index is 585. The quantitative estimate of drug-likeness (QED) is 0.841. The Labute approximate surface area is 132 Å². The van der Waals surface area contributed by atoms with Gasteiger partial charge in [-0.25, -0.2) is 0 Å². The van der Waals surface area contributed by atoms with Gasteiger partial charge in [0, 0.05) is 37.7 Å². The molecule has 3 rings (SSSR count). The van der Waals surface area contributed by atoms with Crippen molar-refractivity contribution >= 4 is 11.8 Å². The largest absolute Gasteiger partial charge is 0.339 e. The fourth-order valence-corrected chi connectivity index (χ4v) is 3.10. The number of amides is 2. The Hall–Kier alpha value is -1.84. The van der Waals surface area contributed by atoms with Crippen molar-refractivity contribution in [2.24, 2.45) is 5.92 Å². The summed E-state index contributed by atoms with van der Waals surface area (Å²) in [5.74, 6) is 0.630. The maximum absolute atomic E-state index is 12.6. The molecular weight excluding hydrogens is 276 g/mol. The summed E-state index contributed by atoms with van der Waals surface area (Å²) in [6, 6.07) is 5.86. The van der Waals surface area contributed by atoms with E-state index in [9.17, 15) is 9.59 Å². The summed E-state index contributed by atoms with van der Waals surface area (Å²) < 4.78 is 0. The van der Waals surface area contributed by atoms with Crippen LogP contribution in [-0.2, 0) is 4.79 Å². The number of hydrogen-bond donors (Lipinski definition) is 0. The molecule has 4 heteroatoms. The zero-order chi connectivity index (χ0) is 15.7. The van der Waals surface area contributed by atoms with Gasteiger partial charge in [-0.2, -0.15) is 0 Å². The van der Waals surface area contributed by atoms with Crippen LogP contribution in [0.5, 0.6) is 0 Å². The average Bonchev–Trinajstić information content (AvgIpc) is 2.48. The number of benzene rings is 1. The van der Waals surface area contributed by atoms with E-state index >= 15 is 0 Å². The van der Waals surface area contributed by atoms with Gasteiger partial charge in [0.15, 0.2) is 0 Å². The number of nitrogens with zero attached hydrogens (tertiary/aromatic N) is 2. The molecule has 2 amide bonds. The van der Waals surface area contributed by atoms with Crippen molar-refractivity contribution in [2.75, 3.05) is 26.2 Å². The standard InChI is InChI=1S/C18H24N2O2/c1-13-6-7-16(12-14(13)2)18(22)20-10-8-19(9-11-20)17(21)15-4-3-5-15/h6-7,12,15H,3-5,8-11H2,1-2H3. The van der Waals surface area contributed by atoms with Gasteiger partial charge in [-0.15, -0.1) is 0 Å². The van der Waals surface area contributed by atoms with Crippen LogP contribution < -0.4 is 0 Å². The van der Waals surface area contributed by atoms with E-state index in [-0.39, 0.29) is 11.8 Å². The van der Waals surface area contributed by atoms with Gasteiger partial charge in [-0.1, -0.05) is 12.5 Å². The van der Waals surface area contributed by atoms with Gasteiger partial charge in [0.25, 0.3) is 5.91 Å². The van der Waals surface area contributed by atoms with E-state index in [4.69, 9.17) is 0 Å². The molecular formula is C18H24N2O2. The third kappa shape index (κ3) is 2.87. The first-order chi connectivity index (χ1) is 10.6. The molecule has 1 aromatic carbocycles. The Morgan fingerprint density at radius 2 is 1.59 bits per heavy atom. The first kappa shape index (κ1) is 15.1. The van der Waals surface area contributed by atoms with Gasteiger partial charge in [0.2, 0.25) is 5.91 Å². The first-order valence-corrected chi connectivity index (χ1v) is 8.21. The van der Waals surface area contributed by atoms with E-state index in [1.165, 1.54) is 12.0 Å². The van der Waals surface area contributed by atoms with Crippen LogP contribution in [0, 0.1) is 19.8 Å². The second-order valence-corrected chi connectivity index (χ2v) is 6.54. The predicted molar refractivity (Wildman–Crippen MR) is 85.7 cm³/mol. The van der Waals surface area contributed by atoms with Crippen LogP contribution in [0.1, 0.15) is 40.7 Å². The summed E-state index contributed by atoms with van der Waals surface area (Å²) in [7, 11) is 0. The molecule has 4 nitrogen and oxygen atoms in total. The van der Waals surface area contributed by atoms with Crippen LogP contribution in [0.2, 0.25) is 0 Å². The van der Waals surface area contributed by atoms with E-state index in [0.717, 1.165) is 24.0 Å². The minimum Gasteiger partial charge on any atom is -0.339 e. The van der Waals surface area contributed by atoms with E-state index in [0.29, 0.717) is 32.1 Å². The number of aryl methyl sites for hydroxylation is 2. The Morgan fingerprint density at radius 1 is 0.955 bits per heavy atom. The summed E-state index contributed by atoms with van der Waals surface area (Å²) in [5.41, 5.74) is 3.10. The maximum Gasteiger partial charge on any atom is 0.253 e.